The van der Waals surface area contributed by atoms with Crippen molar-refractivity contribution >= 4 is 22.6 Å². The first-order valence-corrected chi connectivity index (χ1v) is 14.1. The van der Waals surface area contributed by atoms with Gasteiger partial charge in [-0.1, -0.05) is 24.3 Å². The quantitative estimate of drug-likeness (QED) is 0.276. The number of hydrogen-bond acceptors (Lipinski definition) is 5. The Balaban J connectivity index is 1.32. The monoisotopic (exact) mass is 559 g/mol. The molecule has 9 heteroatoms. The van der Waals surface area contributed by atoms with Crippen molar-refractivity contribution in [2.24, 2.45) is 0 Å². The molecule has 0 aliphatic carbocycles. The van der Waals surface area contributed by atoms with Gasteiger partial charge in [0, 0.05) is 49.0 Å². The predicted molar refractivity (Wildman–Crippen MR) is 153 cm³/mol. The van der Waals surface area contributed by atoms with E-state index in [4.69, 9.17) is 4.98 Å². The molecule has 2 aromatic heterocycles. The number of amides is 1. The van der Waals surface area contributed by atoms with Crippen LogP contribution in [0.3, 0.4) is 0 Å². The number of pyridine rings is 2. The van der Waals surface area contributed by atoms with Gasteiger partial charge < -0.3 is 15.1 Å². The Labute approximate surface area is 237 Å². The van der Waals surface area contributed by atoms with Crippen LogP contribution in [0.15, 0.2) is 73.1 Å². The number of rotatable bonds is 7. The molecule has 6 nitrogen and oxygen atoms in total. The van der Waals surface area contributed by atoms with Crippen LogP contribution in [-0.4, -0.2) is 57.9 Å². The highest BCUT2D eigenvalue weighted by atomic mass is 19.4. The van der Waals surface area contributed by atoms with E-state index in [2.05, 4.69) is 15.2 Å². The second kappa shape index (κ2) is 11.5. The first-order chi connectivity index (χ1) is 19.8. The number of nitrogens with zero attached hydrogens (tertiary/aromatic N) is 4. The maximum Gasteiger partial charge on any atom is 0.416 e. The number of carbonyl (C=O) groups is 1. The third kappa shape index (κ3) is 6.05. The Morgan fingerprint density at radius 2 is 1.76 bits per heavy atom. The zero-order valence-corrected chi connectivity index (χ0v) is 22.7. The summed E-state index contributed by atoms with van der Waals surface area (Å²) >= 11 is 0. The fourth-order valence-corrected chi connectivity index (χ4v) is 5.92. The summed E-state index contributed by atoms with van der Waals surface area (Å²) in [5.74, 6) is 0.491. The molecular weight excluding hydrogens is 527 g/mol. The lowest BCUT2D eigenvalue weighted by Crippen LogP contribution is -2.42. The van der Waals surface area contributed by atoms with Crippen LogP contribution in [0.2, 0.25) is 0 Å². The van der Waals surface area contributed by atoms with Gasteiger partial charge >= 0.3 is 6.18 Å². The topological polar surface area (TPSA) is 61.4 Å². The van der Waals surface area contributed by atoms with Crippen LogP contribution in [-0.2, 0) is 12.7 Å². The second-order valence-corrected chi connectivity index (χ2v) is 10.9. The predicted octanol–water partition coefficient (Wildman–Crippen LogP) is 6.63. The molecule has 2 saturated heterocycles. The molecule has 2 fully saturated rings. The second-order valence-electron chi connectivity index (χ2n) is 10.9. The van der Waals surface area contributed by atoms with Crippen LogP contribution in [0.5, 0.6) is 0 Å². The van der Waals surface area contributed by atoms with Crippen LogP contribution in [0, 0.1) is 0 Å². The number of benzene rings is 2. The maximum absolute atomic E-state index is 14.2. The van der Waals surface area contributed by atoms with Crippen LogP contribution in [0.4, 0.5) is 19.0 Å². The van der Waals surface area contributed by atoms with Gasteiger partial charge in [0.2, 0.25) is 0 Å². The Morgan fingerprint density at radius 3 is 2.49 bits per heavy atom. The molecule has 2 aromatic carbocycles. The number of aromatic nitrogens is 2. The lowest BCUT2D eigenvalue weighted by molar-refractivity contribution is -0.137. The summed E-state index contributed by atoms with van der Waals surface area (Å²) in [5, 5.41) is 4.00. The van der Waals surface area contributed by atoms with E-state index in [-0.39, 0.29) is 18.5 Å². The number of hydrogen-bond donors (Lipinski definition) is 1. The first-order valence-electron chi connectivity index (χ1n) is 14.1. The molecule has 0 unspecified atom stereocenters. The molecule has 0 spiro atoms. The van der Waals surface area contributed by atoms with E-state index in [9.17, 15) is 18.0 Å². The highest BCUT2D eigenvalue weighted by molar-refractivity contribution is 6.08. The highest BCUT2D eigenvalue weighted by Gasteiger charge is 2.33. The van der Waals surface area contributed by atoms with Crippen molar-refractivity contribution in [1.29, 1.82) is 0 Å². The lowest BCUT2D eigenvalue weighted by atomic mass is 10.0. The summed E-state index contributed by atoms with van der Waals surface area (Å²) < 4.78 is 38.9. The van der Waals surface area contributed by atoms with Gasteiger partial charge in [-0.05, 0) is 86.3 Å². The molecule has 6 rings (SSSR count). The maximum atomic E-state index is 14.2. The number of fused-ring (bicyclic) bond motifs is 1. The van der Waals surface area contributed by atoms with Crippen molar-refractivity contribution in [3.8, 4) is 11.1 Å². The molecular formula is C32H32F3N5O. The molecule has 0 saturated carbocycles. The molecule has 41 heavy (non-hydrogen) atoms. The molecule has 4 aromatic rings. The zero-order valence-electron chi connectivity index (χ0n) is 22.7. The van der Waals surface area contributed by atoms with Gasteiger partial charge in [-0.15, -0.1) is 0 Å². The van der Waals surface area contributed by atoms with Gasteiger partial charge in [0.15, 0.2) is 0 Å². The van der Waals surface area contributed by atoms with E-state index in [1.54, 1.807) is 18.5 Å². The standard InChI is InChI=1S/C32H32F3N5O/c33-32(34,35)25-10-7-22(8-11-25)19-37-30-18-28(31(41)40-16-4-6-26(40)21-39-14-1-2-15-39)27-17-23(9-12-29(27)38-30)24-5-3-13-36-20-24/h3,5,7-13,17-18,20,26H,1-2,4,6,14-16,19,21H2,(H,37,38)/t26-/m0/s1. The van der Waals surface area contributed by atoms with Crippen LogP contribution < -0.4 is 5.32 Å². The van der Waals surface area contributed by atoms with Gasteiger partial charge in [-0.3, -0.25) is 9.78 Å². The average Bonchev–Trinajstić information content (AvgIpc) is 3.68. The Bertz CT molecular complexity index is 1520. The van der Waals surface area contributed by atoms with E-state index >= 15 is 0 Å². The van der Waals surface area contributed by atoms with E-state index in [1.807, 2.05) is 35.2 Å². The van der Waals surface area contributed by atoms with Crippen LogP contribution >= 0.6 is 0 Å². The normalized spacial score (nSPS) is 17.8. The van der Waals surface area contributed by atoms with Gasteiger partial charge in [-0.2, -0.15) is 13.2 Å². The summed E-state index contributed by atoms with van der Waals surface area (Å²) in [6, 6.07) is 16.8. The Hall–Kier alpha value is -3.98. The number of likely N-dealkylation sites (tertiary alicyclic amines) is 2. The minimum Gasteiger partial charge on any atom is -0.366 e. The molecule has 2 aliphatic rings. The third-order valence-corrected chi connectivity index (χ3v) is 8.09. The Morgan fingerprint density at radius 1 is 0.951 bits per heavy atom. The van der Waals surface area contributed by atoms with Crippen molar-refractivity contribution in [2.45, 2.75) is 44.4 Å². The van der Waals surface area contributed by atoms with E-state index in [1.165, 1.54) is 25.0 Å². The minimum absolute atomic E-state index is 0.0139. The van der Waals surface area contributed by atoms with E-state index < -0.39 is 11.7 Å². The van der Waals surface area contributed by atoms with Gasteiger partial charge in [0.05, 0.1) is 16.6 Å². The summed E-state index contributed by atoms with van der Waals surface area (Å²) in [4.78, 5) is 27.7. The average molecular weight is 560 g/mol. The number of nitrogens with one attached hydrogen (secondary N) is 1. The SMILES string of the molecule is O=C(c1cc(NCc2ccc(C(F)(F)F)cc2)nc2ccc(-c3cccnc3)cc12)N1CCC[C@H]1CN1CCCC1. The van der Waals surface area contributed by atoms with Crippen LogP contribution in [0.25, 0.3) is 22.0 Å². The lowest BCUT2D eigenvalue weighted by Gasteiger charge is -2.29. The summed E-state index contributed by atoms with van der Waals surface area (Å²) in [6.07, 6.45) is 3.53. The number of anilines is 1. The fraction of sp³-hybridized carbons (Fsp3) is 0.344. The molecule has 0 radical (unpaired) electrons. The summed E-state index contributed by atoms with van der Waals surface area (Å²) in [7, 11) is 0. The third-order valence-electron chi connectivity index (χ3n) is 8.09. The minimum atomic E-state index is -4.38. The van der Waals surface area contributed by atoms with E-state index in [0.29, 0.717) is 22.5 Å². The highest BCUT2D eigenvalue weighted by Crippen LogP contribution is 2.31. The smallest absolute Gasteiger partial charge is 0.366 e. The summed E-state index contributed by atoms with van der Waals surface area (Å²) in [6.45, 7) is 4.07. The fourth-order valence-electron chi connectivity index (χ4n) is 5.92. The van der Waals surface area contributed by atoms with Crippen molar-refractivity contribution in [3.05, 3.63) is 89.7 Å². The molecule has 1 amide bonds. The largest absolute Gasteiger partial charge is 0.416 e. The van der Waals surface area contributed by atoms with Crippen molar-refractivity contribution in [2.75, 3.05) is 31.5 Å². The molecule has 212 valence electrons. The summed E-state index contributed by atoms with van der Waals surface area (Å²) in [5.41, 5.74) is 3.14. The van der Waals surface area contributed by atoms with Crippen LogP contribution in [0.1, 0.15) is 47.2 Å². The number of halogens is 3. The Kier molecular flexibility index (Phi) is 7.62. The van der Waals surface area contributed by atoms with Crippen molar-refractivity contribution in [1.82, 2.24) is 19.8 Å². The molecule has 4 heterocycles. The number of alkyl halides is 3. The zero-order chi connectivity index (χ0) is 28.4. The molecule has 2 aliphatic heterocycles. The van der Waals surface area contributed by atoms with Gasteiger partial charge in [-0.25, -0.2) is 4.98 Å². The van der Waals surface area contributed by atoms with E-state index in [0.717, 1.165) is 67.7 Å². The molecule has 0 bridgehead atoms. The van der Waals surface area contributed by atoms with Crippen molar-refractivity contribution in [3.63, 3.8) is 0 Å². The van der Waals surface area contributed by atoms with Gasteiger partial charge in [0.1, 0.15) is 5.82 Å². The van der Waals surface area contributed by atoms with Crippen molar-refractivity contribution < 1.29 is 18.0 Å². The molecule has 1 atom stereocenters. The van der Waals surface area contributed by atoms with Gasteiger partial charge in [0.25, 0.3) is 5.91 Å². The number of carbonyl (C=O) groups excluding carboxylic acids is 1. The molecule has 1 N–H and O–H groups in total. The first kappa shape index (κ1) is 27.2.